The van der Waals surface area contributed by atoms with Crippen molar-refractivity contribution in [1.82, 2.24) is 14.9 Å². The molecule has 0 atom stereocenters. The van der Waals surface area contributed by atoms with Crippen LogP contribution in [0.5, 0.6) is 0 Å². The Balaban J connectivity index is 1.62. The molecule has 0 aromatic carbocycles. The summed E-state index contributed by atoms with van der Waals surface area (Å²) in [5.74, 6) is 0.653. The van der Waals surface area contributed by atoms with Gasteiger partial charge in [-0.15, -0.1) is 0 Å². The lowest BCUT2D eigenvalue weighted by Gasteiger charge is -2.39. The minimum Gasteiger partial charge on any atom is -0.364 e. The molecule has 6 heteroatoms. The highest BCUT2D eigenvalue weighted by molar-refractivity contribution is 5.87. The summed E-state index contributed by atoms with van der Waals surface area (Å²) in [4.78, 5) is 36.3. The van der Waals surface area contributed by atoms with Gasteiger partial charge in [0.15, 0.2) is 0 Å². The first-order chi connectivity index (χ1) is 14.6. The summed E-state index contributed by atoms with van der Waals surface area (Å²) in [5.41, 5.74) is 3.80. The summed E-state index contributed by atoms with van der Waals surface area (Å²) in [7, 11) is 0. The topological polar surface area (TPSA) is 69.3 Å². The number of piperidine rings is 1. The average molecular weight is 407 g/mol. The van der Waals surface area contributed by atoms with Crippen molar-refractivity contribution in [3.8, 4) is 11.1 Å². The van der Waals surface area contributed by atoms with Crippen LogP contribution in [0.15, 0.2) is 48.0 Å². The molecule has 30 heavy (non-hydrogen) atoms. The number of aryl methyl sites for hydroxylation is 1. The van der Waals surface area contributed by atoms with Crippen molar-refractivity contribution in [3.63, 3.8) is 0 Å². The Bertz CT molecular complexity index is 971. The van der Waals surface area contributed by atoms with Crippen LogP contribution in [-0.4, -0.2) is 46.5 Å². The van der Waals surface area contributed by atoms with Crippen LogP contribution in [0.2, 0.25) is 0 Å². The summed E-state index contributed by atoms with van der Waals surface area (Å²) in [6.07, 6.45) is 10.1. The quantitative estimate of drug-likeness (QED) is 0.716. The molecule has 0 radical (unpaired) electrons. The fourth-order valence-corrected chi connectivity index (χ4v) is 4.25. The van der Waals surface area contributed by atoms with E-state index in [9.17, 15) is 9.59 Å². The molecular formula is C24H30N4O2. The molecule has 6 nitrogen and oxygen atoms in total. The van der Waals surface area contributed by atoms with Crippen molar-refractivity contribution < 1.29 is 4.79 Å². The molecule has 2 aromatic rings. The van der Waals surface area contributed by atoms with E-state index in [0.717, 1.165) is 48.3 Å². The van der Waals surface area contributed by atoms with Crippen molar-refractivity contribution in [2.75, 3.05) is 24.5 Å². The van der Waals surface area contributed by atoms with Gasteiger partial charge in [0.05, 0.1) is 0 Å². The van der Waals surface area contributed by atoms with E-state index < -0.39 is 0 Å². The number of hydrogen-bond donors (Lipinski definition) is 1. The molecule has 1 amide bonds. The van der Waals surface area contributed by atoms with Crippen LogP contribution < -0.4 is 10.5 Å². The summed E-state index contributed by atoms with van der Waals surface area (Å²) in [6.45, 7) is 8.00. The fourth-order valence-electron chi connectivity index (χ4n) is 4.25. The maximum Gasteiger partial charge on any atom is 0.271 e. The minimum atomic E-state index is -0.0474. The summed E-state index contributed by atoms with van der Waals surface area (Å²) in [6, 6.07) is 6.36. The summed E-state index contributed by atoms with van der Waals surface area (Å²) >= 11 is 0. The highest BCUT2D eigenvalue weighted by Gasteiger charge is 2.32. The van der Waals surface area contributed by atoms with Crippen molar-refractivity contribution in [2.45, 2.75) is 45.1 Å². The minimum absolute atomic E-state index is 0.00791. The lowest BCUT2D eigenvalue weighted by Crippen LogP contribution is -2.48. The standard InChI is InChI=1S/C24H30N4O2/c1-3-20-13-18(7-10-25-20)19-14-22(24(30)26-15-19)28(16-17-5-6-17)21-8-11-27(12-9-21)23(29)4-2/h4,7,10,13-15,17,21H,2-3,5-6,8-9,11-12,16H2,1H3,(H,26,30). The Kier molecular flexibility index (Phi) is 6.02. The highest BCUT2D eigenvalue weighted by atomic mass is 16.2. The van der Waals surface area contributed by atoms with Crippen molar-refractivity contribution in [1.29, 1.82) is 0 Å². The zero-order valence-corrected chi connectivity index (χ0v) is 17.6. The van der Waals surface area contributed by atoms with Crippen molar-refractivity contribution >= 4 is 11.6 Å². The maximum absolute atomic E-state index is 12.8. The van der Waals surface area contributed by atoms with E-state index in [-0.39, 0.29) is 17.5 Å². The van der Waals surface area contributed by atoms with Gasteiger partial charge in [-0.2, -0.15) is 0 Å². The Morgan fingerprint density at radius 2 is 2.03 bits per heavy atom. The molecule has 158 valence electrons. The number of pyridine rings is 2. The SMILES string of the molecule is C=CC(=O)N1CCC(N(CC2CC2)c2cc(-c3ccnc(CC)c3)c[nH]c2=O)CC1. The molecule has 3 heterocycles. The Morgan fingerprint density at radius 3 is 2.70 bits per heavy atom. The number of aromatic amines is 1. The second kappa shape index (κ2) is 8.86. The largest absolute Gasteiger partial charge is 0.364 e. The van der Waals surface area contributed by atoms with Crippen LogP contribution >= 0.6 is 0 Å². The number of nitrogens with zero attached hydrogens (tertiary/aromatic N) is 3. The Labute approximate surface area is 177 Å². The predicted molar refractivity (Wildman–Crippen MR) is 120 cm³/mol. The lowest BCUT2D eigenvalue weighted by molar-refractivity contribution is -0.127. The first-order valence-corrected chi connectivity index (χ1v) is 10.9. The second-order valence-corrected chi connectivity index (χ2v) is 8.35. The molecule has 1 saturated carbocycles. The number of anilines is 1. The molecule has 0 unspecified atom stereocenters. The fraction of sp³-hybridized carbons (Fsp3) is 0.458. The number of nitrogens with one attached hydrogen (secondary N) is 1. The van der Waals surface area contributed by atoms with Gasteiger partial charge >= 0.3 is 0 Å². The number of likely N-dealkylation sites (tertiary alicyclic amines) is 1. The van der Waals surface area contributed by atoms with Gasteiger partial charge < -0.3 is 14.8 Å². The molecule has 0 spiro atoms. The summed E-state index contributed by atoms with van der Waals surface area (Å²) in [5, 5.41) is 0. The van der Waals surface area contributed by atoms with Gasteiger partial charge in [0.2, 0.25) is 5.91 Å². The van der Waals surface area contributed by atoms with Gasteiger partial charge in [0.25, 0.3) is 5.56 Å². The van der Waals surface area contributed by atoms with Gasteiger partial charge in [-0.25, -0.2) is 0 Å². The molecule has 2 fully saturated rings. The number of amides is 1. The van der Waals surface area contributed by atoms with E-state index >= 15 is 0 Å². The molecule has 1 saturated heterocycles. The third-order valence-corrected chi connectivity index (χ3v) is 6.25. The van der Waals surface area contributed by atoms with Crippen LogP contribution in [0.1, 0.15) is 38.3 Å². The van der Waals surface area contributed by atoms with E-state index in [1.165, 1.54) is 18.9 Å². The van der Waals surface area contributed by atoms with Gasteiger partial charge in [0.1, 0.15) is 5.69 Å². The van der Waals surface area contributed by atoms with Gasteiger partial charge in [-0.1, -0.05) is 13.5 Å². The number of carbonyl (C=O) groups excluding carboxylic acids is 1. The lowest BCUT2D eigenvalue weighted by atomic mass is 10.0. The average Bonchev–Trinajstić information content (AvgIpc) is 3.62. The third-order valence-electron chi connectivity index (χ3n) is 6.25. The molecular weight excluding hydrogens is 376 g/mol. The van der Waals surface area contributed by atoms with Gasteiger partial charge in [-0.3, -0.25) is 14.6 Å². The molecule has 4 rings (SSSR count). The molecule has 0 bridgehead atoms. The van der Waals surface area contributed by atoms with Crippen LogP contribution in [0, 0.1) is 5.92 Å². The molecule has 2 aliphatic rings. The highest BCUT2D eigenvalue weighted by Crippen LogP contribution is 2.34. The number of aromatic nitrogens is 2. The maximum atomic E-state index is 12.8. The van der Waals surface area contributed by atoms with Gasteiger partial charge in [-0.05, 0) is 67.9 Å². The zero-order chi connectivity index (χ0) is 21.1. The summed E-state index contributed by atoms with van der Waals surface area (Å²) < 4.78 is 0. The number of H-pyrrole nitrogens is 1. The second-order valence-electron chi connectivity index (χ2n) is 8.35. The van der Waals surface area contributed by atoms with Gasteiger partial charge in [0, 0.05) is 49.3 Å². The van der Waals surface area contributed by atoms with E-state index in [4.69, 9.17) is 0 Å². The van der Waals surface area contributed by atoms with Crippen LogP contribution in [0.25, 0.3) is 11.1 Å². The zero-order valence-electron chi connectivity index (χ0n) is 17.6. The Morgan fingerprint density at radius 1 is 1.27 bits per heavy atom. The Hall–Kier alpha value is -2.89. The molecule has 1 N–H and O–H groups in total. The number of rotatable bonds is 7. The van der Waals surface area contributed by atoms with Crippen molar-refractivity contribution in [3.05, 3.63) is 59.3 Å². The third kappa shape index (κ3) is 4.48. The van der Waals surface area contributed by atoms with Crippen LogP contribution in [0.3, 0.4) is 0 Å². The van der Waals surface area contributed by atoms with E-state index in [2.05, 4.69) is 34.4 Å². The van der Waals surface area contributed by atoms with Crippen LogP contribution in [-0.2, 0) is 11.2 Å². The predicted octanol–water partition coefficient (Wildman–Crippen LogP) is 3.39. The smallest absolute Gasteiger partial charge is 0.271 e. The first-order valence-electron chi connectivity index (χ1n) is 10.9. The number of hydrogen-bond acceptors (Lipinski definition) is 4. The van der Waals surface area contributed by atoms with E-state index in [1.54, 1.807) is 6.20 Å². The van der Waals surface area contributed by atoms with E-state index in [0.29, 0.717) is 19.0 Å². The monoisotopic (exact) mass is 406 g/mol. The molecule has 1 aliphatic carbocycles. The normalized spacial score (nSPS) is 17.0. The van der Waals surface area contributed by atoms with E-state index in [1.807, 2.05) is 23.2 Å². The van der Waals surface area contributed by atoms with Crippen molar-refractivity contribution in [2.24, 2.45) is 5.92 Å². The molecule has 2 aromatic heterocycles. The van der Waals surface area contributed by atoms with Crippen LogP contribution in [0.4, 0.5) is 5.69 Å². The number of carbonyl (C=O) groups is 1. The first kappa shape index (κ1) is 20.4. The molecule has 1 aliphatic heterocycles.